The van der Waals surface area contributed by atoms with Crippen molar-refractivity contribution in [2.75, 3.05) is 39.4 Å². The van der Waals surface area contributed by atoms with Gasteiger partial charge in [-0.2, -0.15) is 0 Å². The molecule has 3 aromatic rings. The van der Waals surface area contributed by atoms with E-state index >= 15 is 0 Å². The van der Waals surface area contributed by atoms with Crippen LogP contribution in [0.25, 0.3) is 11.0 Å². The Morgan fingerprint density at radius 1 is 1.00 bits per heavy atom. The molecule has 3 heterocycles. The molecule has 0 aliphatic carbocycles. The van der Waals surface area contributed by atoms with Crippen LogP contribution < -0.4 is 0 Å². The smallest absolute Gasteiger partial charge is 0.248 e. The lowest BCUT2D eigenvalue weighted by Gasteiger charge is -2.51. The van der Waals surface area contributed by atoms with Gasteiger partial charge in [-0.25, -0.2) is 0 Å². The summed E-state index contributed by atoms with van der Waals surface area (Å²) in [6, 6.07) is 15.0. The summed E-state index contributed by atoms with van der Waals surface area (Å²) in [5, 5.41) is 1.54. The van der Waals surface area contributed by atoms with Crippen LogP contribution in [0.2, 0.25) is 5.02 Å². The van der Waals surface area contributed by atoms with E-state index in [0.29, 0.717) is 70.2 Å². The van der Waals surface area contributed by atoms with Gasteiger partial charge in [0.05, 0.1) is 25.9 Å². The number of carbonyl (C=O) groups excluding carboxylic acids is 3. The Kier molecular flexibility index (Phi) is 8.23. The zero-order valence-corrected chi connectivity index (χ0v) is 23.0. The van der Waals surface area contributed by atoms with E-state index in [9.17, 15) is 14.4 Å². The summed E-state index contributed by atoms with van der Waals surface area (Å²) in [5.74, 6) is -0.123. The van der Waals surface area contributed by atoms with Gasteiger partial charge in [0.25, 0.3) is 0 Å². The standard InChI is InChI=1S/C30H34ClN3O5/c1-30(12-14-34(30)28(36)19-23-21-39-26-6-3-2-5-25(23)26)29(37)33(20-22-8-10-24(31)11-9-22)13-4-7-27(35)32-15-17-38-18-16-32/h2-3,5-6,8-11,21H,4,7,12-20H2,1H3. The molecule has 2 fully saturated rings. The van der Waals surface area contributed by atoms with Crippen LogP contribution in [0.15, 0.2) is 59.2 Å². The molecule has 2 aromatic carbocycles. The number of furan rings is 1. The van der Waals surface area contributed by atoms with Gasteiger partial charge in [0, 0.05) is 55.1 Å². The van der Waals surface area contributed by atoms with Crippen molar-refractivity contribution in [1.82, 2.24) is 14.7 Å². The molecule has 3 amide bonds. The number of ether oxygens (including phenoxy) is 1. The van der Waals surface area contributed by atoms with Gasteiger partial charge < -0.3 is 23.9 Å². The van der Waals surface area contributed by atoms with Crippen LogP contribution >= 0.6 is 11.6 Å². The van der Waals surface area contributed by atoms with E-state index in [2.05, 4.69) is 0 Å². The molecule has 0 bridgehead atoms. The van der Waals surface area contributed by atoms with E-state index < -0.39 is 5.54 Å². The van der Waals surface area contributed by atoms with Crippen molar-refractivity contribution in [2.45, 2.75) is 44.7 Å². The van der Waals surface area contributed by atoms with E-state index in [1.165, 1.54) is 0 Å². The van der Waals surface area contributed by atoms with Crippen LogP contribution in [-0.4, -0.2) is 77.4 Å². The topological polar surface area (TPSA) is 83.3 Å². The van der Waals surface area contributed by atoms with Crippen molar-refractivity contribution in [3.8, 4) is 0 Å². The van der Waals surface area contributed by atoms with Gasteiger partial charge in [0.1, 0.15) is 11.1 Å². The fraction of sp³-hybridized carbons (Fsp3) is 0.433. The molecule has 2 saturated heterocycles. The number of hydrogen-bond acceptors (Lipinski definition) is 5. The molecule has 1 unspecified atom stereocenters. The molecule has 1 atom stereocenters. The lowest BCUT2D eigenvalue weighted by molar-refractivity contribution is -0.164. The number of halogens is 1. The molecule has 5 rings (SSSR count). The molecule has 8 nitrogen and oxygen atoms in total. The van der Waals surface area contributed by atoms with Crippen LogP contribution in [0.5, 0.6) is 0 Å². The number of nitrogens with zero attached hydrogens (tertiary/aromatic N) is 3. The number of rotatable bonds is 9. The molecule has 0 N–H and O–H groups in total. The second-order valence-electron chi connectivity index (χ2n) is 10.5. The van der Waals surface area contributed by atoms with Gasteiger partial charge >= 0.3 is 0 Å². The summed E-state index contributed by atoms with van der Waals surface area (Å²) in [4.78, 5) is 45.4. The predicted molar refractivity (Wildman–Crippen MR) is 148 cm³/mol. The van der Waals surface area contributed by atoms with Gasteiger partial charge in [0.2, 0.25) is 17.7 Å². The summed E-state index contributed by atoms with van der Waals surface area (Å²) in [5.41, 5.74) is 1.57. The van der Waals surface area contributed by atoms with E-state index in [4.69, 9.17) is 20.8 Å². The minimum atomic E-state index is -0.933. The molecule has 0 spiro atoms. The molecular weight excluding hydrogens is 518 g/mol. The Hall–Kier alpha value is -3.36. The Balaban J connectivity index is 1.27. The summed E-state index contributed by atoms with van der Waals surface area (Å²) in [6.45, 7) is 5.50. The van der Waals surface area contributed by atoms with Crippen molar-refractivity contribution in [3.63, 3.8) is 0 Å². The van der Waals surface area contributed by atoms with E-state index in [1.54, 1.807) is 28.2 Å². The van der Waals surface area contributed by atoms with Crippen molar-refractivity contribution in [2.24, 2.45) is 0 Å². The first-order valence-corrected chi connectivity index (χ1v) is 13.9. The lowest BCUT2D eigenvalue weighted by atomic mass is 9.84. The van der Waals surface area contributed by atoms with Crippen molar-refractivity contribution in [3.05, 3.63) is 70.9 Å². The second-order valence-corrected chi connectivity index (χ2v) is 10.9. The molecular formula is C30H34ClN3O5. The van der Waals surface area contributed by atoms with Crippen LogP contribution in [0.3, 0.4) is 0 Å². The van der Waals surface area contributed by atoms with Gasteiger partial charge in [-0.3, -0.25) is 14.4 Å². The van der Waals surface area contributed by atoms with E-state index in [0.717, 1.165) is 22.1 Å². The number of hydrogen-bond donors (Lipinski definition) is 0. The first-order valence-electron chi connectivity index (χ1n) is 13.5. The maximum Gasteiger partial charge on any atom is 0.248 e. The Morgan fingerprint density at radius 3 is 2.46 bits per heavy atom. The summed E-state index contributed by atoms with van der Waals surface area (Å²) < 4.78 is 11.0. The maximum absolute atomic E-state index is 14.0. The SMILES string of the molecule is CC1(C(=O)N(CCCC(=O)N2CCOCC2)Cc2ccc(Cl)cc2)CCN1C(=O)Cc1coc2ccccc12. The highest BCUT2D eigenvalue weighted by Gasteiger charge is 2.50. The average Bonchev–Trinajstić information content (AvgIpc) is 3.35. The molecule has 1 aromatic heterocycles. The number of fused-ring (bicyclic) bond motifs is 1. The quantitative estimate of drug-likeness (QED) is 0.396. The Morgan fingerprint density at radius 2 is 1.74 bits per heavy atom. The fourth-order valence-corrected chi connectivity index (χ4v) is 5.53. The summed E-state index contributed by atoms with van der Waals surface area (Å²) in [6.07, 6.45) is 3.29. The molecule has 9 heteroatoms. The monoisotopic (exact) mass is 551 g/mol. The summed E-state index contributed by atoms with van der Waals surface area (Å²) in [7, 11) is 0. The van der Waals surface area contributed by atoms with Crippen LogP contribution in [0.4, 0.5) is 0 Å². The maximum atomic E-state index is 14.0. The van der Waals surface area contributed by atoms with Crippen LogP contribution in [0.1, 0.15) is 37.3 Å². The highest BCUT2D eigenvalue weighted by molar-refractivity contribution is 6.30. The van der Waals surface area contributed by atoms with Gasteiger partial charge in [0.15, 0.2) is 0 Å². The second kappa shape index (κ2) is 11.8. The first-order chi connectivity index (χ1) is 18.8. The van der Waals surface area contributed by atoms with E-state index in [-0.39, 0.29) is 24.1 Å². The van der Waals surface area contributed by atoms with Crippen LogP contribution in [-0.2, 0) is 32.1 Å². The molecule has 2 aliphatic heterocycles. The molecule has 206 valence electrons. The third-order valence-corrected chi connectivity index (χ3v) is 8.09. The van der Waals surface area contributed by atoms with Crippen molar-refractivity contribution in [1.29, 1.82) is 0 Å². The van der Waals surface area contributed by atoms with Gasteiger partial charge in [-0.15, -0.1) is 0 Å². The zero-order chi connectivity index (χ0) is 27.4. The molecule has 2 aliphatic rings. The van der Waals surface area contributed by atoms with Crippen LogP contribution in [0, 0.1) is 0 Å². The average molecular weight is 552 g/mol. The highest BCUT2D eigenvalue weighted by Crippen LogP contribution is 2.34. The zero-order valence-electron chi connectivity index (χ0n) is 22.2. The minimum absolute atomic E-state index is 0.0798. The largest absolute Gasteiger partial charge is 0.464 e. The number of likely N-dealkylation sites (tertiary alicyclic amines) is 1. The minimum Gasteiger partial charge on any atom is -0.464 e. The third kappa shape index (κ3) is 5.97. The summed E-state index contributed by atoms with van der Waals surface area (Å²) >= 11 is 6.07. The van der Waals surface area contributed by atoms with Crippen molar-refractivity contribution >= 4 is 40.3 Å². The predicted octanol–water partition coefficient (Wildman–Crippen LogP) is 4.29. The first kappa shape index (κ1) is 27.2. The number of morpholine rings is 1. The fourth-order valence-electron chi connectivity index (χ4n) is 5.40. The van der Waals surface area contributed by atoms with E-state index in [1.807, 2.05) is 48.2 Å². The number of amides is 3. The Bertz CT molecular complexity index is 1330. The number of benzene rings is 2. The third-order valence-electron chi connectivity index (χ3n) is 7.84. The molecule has 0 saturated carbocycles. The molecule has 0 radical (unpaired) electrons. The van der Waals surface area contributed by atoms with Gasteiger partial charge in [-0.1, -0.05) is 41.9 Å². The molecule has 39 heavy (non-hydrogen) atoms. The van der Waals surface area contributed by atoms with Crippen molar-refractivity contribution < 1.29 is 23.5 Å². The normalized spacial score (nSPS) is 19.1. The Labute approximate surface area is 233 Å². The number of carbonyl (C=O) groups is 3. The van der Waals surface area contributed by atoms with Gasteiger partial charge in [-0.05, 0) is 43.5 Å². The number of para-hydroxylation sites is 1. The highest BCUT2D eigenvalue weighted by atomic mass is 35.5. The lowest BCUT2D eigenvalue weighted by Crippen LogP contribution is -2.68.